The van der Waals surface area contributed by atoms with Crippen LogP contribution in [0, 0.1) is 0 Å². The number of thioether (sulfide) groups is 1. The number of hydrogen-bond acceptors (Lipinski definition) is 3. The summed E-state index contributed by atoms with van der Waals surface area (Å²) in [5, 5.41) is -0.224. The van der Waals surface area contributed by atoms with E-state index in [0.717, 1.165) is 5.56 Å². The van der Waals surface area contributed by atoms with Gasteiger partial charge in [0.25, 0.3) is 5.91 Å². The largest absolute Gasteiger partial charge is 0.369 e. The van der Waals surface area contributed by atoms with Crippen molar-refractivity contribution in [2.45, 2.75) is 17.9 Å². The zero-order valence-electron chi connectivity index (χ0n) is 10.8. The molecule has 5 heteroatoms. The lowest BCUT2D eigenvalue weighted by Crippen LogP contribution is -2.23. The predicted octanol–water partition coefficient (Wildman–Crippen LogP) is 1.50. The first-order valence-electron chi connectivity index (χ1n) is 5.63. The maximum Gasteiger partial charge on any atom is 0.253 e. The Morgan fingerprint density at radius 3 is 2.61 bits per heavy atom. The van der Waals surface area contributed by atoms with Gasteiger partial charge >= 0.3 is 0 Å². The summed E-state index contributed by atoms with van der Waals surface area (Å²) in [7, 11) is 3.44. The number of carbonyl (C=O) groups is 2. The summed E-state index contributed by atoms with van der Waals surface area (Å²) >= 11 is 1.47. The van der Waals surface area contributed by atoms with Crippen molar-refractivity contribution < 1.29 is 9.59 Å². The quantitative estimate of drug-likeness (QED) is 0.878. The molecule has 1 atom stereocenters. The molecule has 0 aromatic heterocycles. The molecule has 1 aromatic carbocycles. The van der Waals surface area contributed by atoms with Crippen LogP contribution in [0.2, 0.25) is 0 Å². The molecule has 2 amide bonds. The average Bonchev–Trinajstić information content (AvgIpc) is 2.35. The monoisotopic (exact) mass is 266 g/mol. The van der Waals surface area contributed by atoms with Crippen LogP contribution < -0.4 is 5.73 Å². The van der Waals surface area contributed by atoms with Gasteiger partial charge in [0.1, 0.15) is 0 Å². The van der Waals surface area contributed by atoms with Crippen LogP contribution in [0.5, 0.6) is 0 Å². The van der Waals surface area contributed by atoms with E-state index in [4.69, 9.17) is 5.73 Å². The maximum absolute atomic E-state index is 11.8. The van der Waals surface area contributed by atoms with E-state index in [1.807, 2.05) is 18.2 Å². The third kappa shape index (κ3) is 4.07. The number of benzene rings is 1. The summed E-state index contributed by atoms with van der Waals surface area (Å²) in [6.45, 7) is 1.78. The topological polar surface area (TPSA) is 63.4 Å². The van der Waals surface area contributed by atoms with Gasteiger partial charge in [0.15, 0.2) is 0 Å². The smallest absolute Gasteiger partial charge is 0.253 e. The summed E-state index contributed by atoms with van der Waals surface area (Å²) in [6, 6.07) is 7.42. The van der Waals surface area contributed by atoms with Crippen molar-refractivity contribution in [3.63, 3.8) is 0 Å². The van der Waals surface area contributed by atoms with Crippen molar-refractivity contribution in [3.8, 4) is 0 Å². The lowest BCUT2D eigenvalue weighted by molar-refractivity contribution is -0.117. The summed E-state index contributed by atoms with van der Waals surface area (Å²) in [5.74, 6) is 0.323. The molecule has 0 aliphatic carbocycles. The minimum absolute atomic E-state index is 0.0233. The van der Waals surface area contributed by atoms with Crippen molar-refractivity contribution in [3.05, 3.63) is 35.4 Å². The van der Waals surface area contributed by atoms with E-state index >= 15 is 0 Å². The van der Waals surface area contributed by atoms with Gasteiger partial charge in [-0.15, -0.1) is 11.8 Å². The van der Waals surface area contributed by atoms with Gasteiger partial charge in [-0.2, -0.15) is 0 Å². The lowest BCUT2D eigenvalue weighted by atomic mass is 10.1. The molecule has 0 radical (unpaired) electrons. The van der Waals surface area contributed by atoms with Gasteiger partial charge < -0.3 is 10.6 Å². The Hall–Kier alpha value is -1.49. The second-order valence-corrected chi connectivity index (χ2v) is 5.58. The summed E-state index contributed by atoms with van der Waals surface area (Å²) < 4.78 is 0. The van der Waals surface area contributed by atoms with Gasteiger partial charge in [-0.05, 0) is 24.6 Å². The molecular weight excluding hydrogens is 248 g/mol. The minimum Gasteiger partial charge on any atom is -0.369 e. The van der Waals surface area contributed by atoms with Crippen molar-refractivity contribution in [2.75, 3.05) is 14.1 Å². The molecule has 1 rings (SSSR count). The molecule has 1 aromatic rings. The zero-order chi connectivity index (χ0) is 13.7. The Labute approximate surface area is 112 Å². The van der Waals surface area contributed by atoms with Gasteiger partial charge in [0.2, 0.25) is 5.91 Å². The van der Waals surface area contributed by atoms with Crippen LogP contribution in [0.4, 0.5) is 0 Å². The molecule has 2 N–H and O–H groups in total. The Balaban J connectivity index is 2.71. The molecular formula is C13H18N2O2S. The fourth-order valence-corrected chi connectivity index (χ4v) is 2.14. The molecule has 0 aliphatic rings. The average molecular weight is 266 g/mol. The van der Waals surface area contributed by atoms with Crippen LogP contribution in [-0.4, -0.2) is 36.1 Å². The van der Waals surface area contributed by atoms with Crippen LogP contribution in [-0.2, 0) is 10.5 Å². The molecule has 98 valence electrons. The highest BCUT2D eigenvalue weighted by Crippen LogP contribution is 2.18. The molecule has 0 bridgehead atoms. The second-order valence-electron chi connectivity index (χ2n) is 4.26. The van der Waals surface area contributed by atoms with Gasteiger partial charge in [0, 0.05) is 25.4 Å². The summed E-state index contributed by atoms with van der Waals surface area (Å²) in [6.07, 6.45) is 0. The van der Waals surface area contributed by atoms with Crippen molar-refractivity contribution in [1.82, 2.24) is 4.90 Å². The Morgan fingerprint density at radius 2 is 2.06 bits per heavy atom. The van der Waals surface area contributed by atoms with E-state index in [0.29, 0.717) is 11.3 Å². The van der Waals surface area contributed by atoms with Gasteiger partial charge in [-0.1, -0.05) is 12.1 Å². The molecule has 1 unspecified atom stereocenters. The van der Waals surface area contributed by atoms with E-state index in [9.17, 15) is 9.59 Å². The highest BCUT2D eigenvalue weighted by Gasteiger charge is 2.11. The molecule has 0 fully saturated rings. The van der Waals surface area contributed by atoms with E-state index < -0.39 is 0 Å². The molecule has 0 spiro atoms. The van der Waals surface area contributed by atoms with Crippen LogP contribution >= 0.6 is 11.8 Å². The number of rotatable bonds is 5. The molecule has 0 aliphatic heterocycles. The standard InChI is InChI=1S/C13H18N2O2S/c1-9(12(14)16)18-8-10-5-4-6-11(7-10)13(17)15(2)3/h4-7,9H,8H2,1-3H3,(H2,14,16). The van der Waals surface area contributed by atoms with Crippen molar-refractivity contribution in [2.24, 2.45) is 5.73 Å². The highest BCUT2D eigenvalue weighted by molar-refractivity contribution is 7.99. The van der Waals surface area contributed by atoms with Crippen molar-refractivity contribution in [1.29, 1.82) is 0 Å². The molecule has 0 heterocycles. The van der Waals surface area contributed by atoms with Crippen molar-refractivity contribution >= 4 is 23.6 Å². The van der Waals surface area contributed by atoms with Crippen LogP contribution in [0.15, 0.2) is 24.3 Å². The van der Waals surface area contributed by atoms with Crippen LogP contribution in [0.25, 0.3) is 0 Å². The number of nitrogens with two attached hydrogens (primary N) is 1. The first-order valence-corrected chi connectivity index (χ1v) is 6.68. The second kappa shape index (κ2) is 6.44. The fourth-order valence-electron chi connectivity index (χ4n) is 1.36. The third-order valence-corrected chi connectivity index (χ3v) is 3.71. The number of carbonyl (C=O) groups excluding carboxylic acids is 2. The maximum atomic E-state index is 11.8. The number of hydrogen-bond donors (Lipinski definition) is 1. The Bertz CT molecular complexity index is 446. The fraction of sp³-hybridized carbons (Fsp3) is 0.385. The van der Waals surface area contributed by atoms with E-state index in [1.54, 1.807) is 27.1 Å². The van der Waals surface area contributed by atoms with E-state index in [1.165, 1.54) is 16.7 Å². The SMILES string of the molecule is CC(SCc1cccc(C(=O)N(C)C)c1)C(N)=O. The number of primary amides is 1. The van der Waals surface area contributed by atoms with E-state index in [-0.39, 0.29) is 17.1 Å². The lowest BCUT2D eigenvalue weighted by Gasteiger charge is -2.11. The first-order chi connectivity index (χ1) is 8.41. The predicted molar refractivity (Wildman–Crippen MR) is 74.4 cm³/mol. The van der Waals surface area contributed by atoms with Crippen LogP contribution in [0.1, 0.15) is 22.8 Å². The van der Waals surface area contributed by atoms with Crippen LogP contribution in [0.3, 0.4) is 0 Å². The Morgan fingerprint density at radius 1 is 1.39 bits per heavy atom. The normalized spacial score (nSPS) is 11.9. The van der Waals surface area contributed by atoms with Gasteiger partial charge in [0.05, 0.1) is 5.25 Å². The number of amides is 2. The number of nitrogens with zero attached hydrogens (tertiary/aromatic N) is 1. The molecule has 0 saturated carbocycles. The van der Waals surface area contributed by atoms with E-state index in [2.05, 4.69) is 0 Å². The Kier molecular flexibility index (Phi) is 5.22. The molecule has 18 heavy (non-hydrogen) atoms. The third-order valence-electron chi connectivity index (χ3n) is 2.48. The first kappa shape index (κ1) is 14.6. The highest BCUT2D eigenvalue weighted by atomic mass is 32.2. The summed E-state index contributed by atoms with van der Waals surface area (Å²) in [4.78, 5) is 24.3. The van der Waals surface area contributed by atoms with Gasteiger partial charge in [-0.25, -0.2) is 0 Å². The summed E-state index contributed by atoms with van der Waals surface area (Å²) in [5.41, 5.74) is 6.87. The minimum atomic E-state index is -0.319. The molecule has 0 saturated heterocycles. The zero-order valence-corrected chi connectivity index (χ0v) is 11.7. The molecule has 4 nitrogen and oxygen atoms in total. The van der Waals surface area contributed by atoms with Gasteiger partial charge in [-0.3, -0.25) is 9.59 Å².